The maximum Gasteiger partial charge on any atom is 0.157 e. The first-order chi connectivity index (χ1) is 9.04. The molecule has 0 aliphatic heterocycles. The van der Waals surface area contributed by atoms with Gasteiger partial charge in [-0.1, -0.05) is 6.92 Å². The third-order valence-corrected chi connectivity index (χ3v) is 2.86. The zero-order valence-corrected chi connectivity index (χ0v) is 12.1. The van der Waals surface area contributed by atoms with Crippen molar-refractivity contribution in [1.29, 1.82) is 5.41 Å². The van der Waals surface area contributed by atoms with E-state index in [1.165, 1.54) is 0 Å². The van der Waals surface area contributed by atoms with E-state index in [0.29, 0.717) is 36.7 Å². The molecule has 1 rings (SSSR count). The van der Waals surface area contributed by atoms with E-state index >= 15 is 0 Å². The predicted octanol–water partition coefficient (Wildman–Crippen LogP) is 4.27. The third kappa shape index (κ3) is 3.69. The minimum absolute atomic E-state index is 0.0503. The highest BCUT2D eigenvalue weighted by Crippen LogP contribution is 2.32. The monoisotopic (exact) mass is 267 g/mol. The van der Waals surface area contributed by atoms with Gasteiger partial charge in [0.05, 0.1) is 19.6 Å². The lowest BCUT2D eigenvalue weighted by Crippen LogP contribution is -2.02. The van der Waals surface area contributed by atoms with Crippen LogP contribution in [0.5, 0.6) is 0 Å². The van der Waals surface area contributed by atoms with E-state index in [1.54, 1.807) is 13.0 Å². The molecule has 106 valence electrons. The van der Waals surface area contributed by atoms with Gasteiger partial charge < -0.3 is 14.9 Å². The molecule has 0 aromatic rings. The Hall–Kier alpha value is -1.58. The second kappa shape index (κ2) is 7.12. The van der Waals surface area contributed by atoms with Gasteiger partial charge in [-0.15, -0.1) is 0 Å². The van der Waals surface area contributed by atoms with Gasteiger partial charge in [-0.05, 0) is 38.8 Å². The summed E-state index contributed by atoms with van der Waals surface area (Å²) in [5, 5.41) is 7.75. The van der Waals surface area contributed by atoms with Crippen LogP contribution in [-0.2, 0) is 9.47 Å². The summed E-state index contributed by atoms with van der Waals surface area (Å²) in [5.41, 5.74) is 1.40. The molecule has 0 aromatic heterocycles. The van der Waals surface area contributed by atoms with Crippen molar-refractivity contribution < 1.29 is 13.9 Å². The van der Waals surface area contributed by atoms with Gasteiger partial charge in [0.2, 0.25) is 0 Å². The number of ether oxygens (including phenoxy) is 2. The average molecular weight is 267 g/mol. The first-order valence-electron chi connectivity index (χ1n) is 6.68. The quantitative estimate of drug-likeness (QED) is 0.730. The van der Waals surface area contributed by atoms with E-state index in [0.717, 1.165) is 5.57 Å². The van der Waals surface area contributed by atoms with Crippen LogP contribution in [0.15, 0.2) is 34.6 Å². The Kier molecular flexibility index (Phi) is 5.80. The molecule has 0 unspecified atom stereocenters. The van der Waals surface area contributed by atoms with Crippen molar-refractivity contribution in [3.8, 4) is 0 Å². The van der Waals surface area contributed by atoms with Crippen LogP contribution in [0.1, 0.15) is 40.5 Å². The zero-order chi connectivity index (χ0) is 14.4. The van der Waals surface area contributed by atoms with Crippen LogP contribution in [0, 0.1) is 5.41 Å². The van der Waals surface area contributed by atoms with Crippen molar-refractivity contribution in [2.75, 3.05) is 13.2 Å². The van der Waals surface area contributed by atoms with E-state index in [4.69, 9.17) is 14.9 Å². The summed E-state index contributed by atoms with van der Waals surface area (Å²) in [7, 11) is 0. The molecule has 1 aliphatic carbocycles. The molecule has 0 aromatic carbocycles. The summed E-state index contributed by atoms with van der Waals surface area (Å²) >= 11 is 0. The molecule has 19 heavy (non-hydrogen) atoms. The fraction of sp³-hybridized carbons (Fsp3) is 0.533. The standard InChI is InChI=1S/C15H22FNO2/c1-5-11-8-13(18-6-2)14(19-7-3)9-12(16)15(11)10(4)17/h8,17H,5-7,9H2,1-4H3. The topological polar surface area (TPSA) is 42.3 Å². The molecule has 0 amide bonds. The Morgan fingerprint density at radius 2 is 1.89 bits per heavy atom. The summed E-state index contributed by atoms with van der Waals surface area (Å²) < 4.78 is 25.3. The van der Waals surface area contributed by atoms with Gasteiger partial charge in [0.15, 0.2) is 5.76 Å². The molecule has 0 saturated heterocycles. The lowest BCUT2D eigenvalue weighted by atomic mass is 9.98. The summed E-state index contributed by atoms with van der Waals surface area (Å²) in [4.78, 5) is 0. The van der Waals surface area contributed by atoms with Gasteiger partial charge in [0.1, 0.15) is 11.6 Å². The largest absolute Gasteiger partial charge is 0.494 e. The van der Waals surface area contributed by atoms with E-state index < -0.39 is 0 Å². The number of hydrogen-bond acceptors (Lipinski definition) is 3. The minimum Gasteiger partial charge on any atom is -0.494 e. The average Bonchev–Trinajstić information content (AvgIpc) is 2.48. The van der Waals surface area contributed by atoms with Crippen LogP contribution >= 0.6 is 0 Å². The Labute approximate surface area is 114 Å². The highest BCUT2D eigenvalue weighted by Gasteiger charge is 2.22. The Morgan fingerprint density at radius 1 is 1.26 bits per heavy atom. The van der Waals surface area contributed by atoms with E-state index in [9.17, 15) is 4.39 Å². The molecule has 0 bridgehead atoms. The first kappa shape index (κ1) is 15.5. The van der Waals surface area contributed by atoms with Gasteiger partial charge >= 0.3 is 0 Å². The maximum absolute atomic E-state index is 14.3. The molecular weight excluding hydrogens is 245 g/mol. The second-order valence-electron chi connectivity index (χ2n) is 4.26. The summed E-state index contributed by atoms with van der Waals surface area (Å²) in [5.74, 6) is 0.760. The van der Waals surface area contributed by atoms with Gasteiger partial charge in [-0.25, -0.2) is 4.39 Å². The predicted molar refractivity (Wildman–Crippen MR) is 74.8 cm³/mol. The fourth-order valence-corrected chi connectivity index (χ4v) is 2.10. The molecule has 4 heteroatoms. The van der Waals surface area contributed by atoms with Crippen molar-refractivity contribution >= 4 is 5.71 Å². The Morgan fingerprint density at radius 3 is 2.37 bits per heavy atom. The molecule has 0 atom stereocenters. The van der Waals surface area contributed by atoms with Crippen LogP contribution < -0.4 is 0 Å². The van der Waals surface area contributed by atoms with Crippen LogP contribution in [0.2, 0.25) is 0 Å². The molecule has 0 heterocycles. The van der Waals surface area contributed by atoms with Crippen molar-refractivity contribution in [2.24, 2.45) is 0 Å². The van der Waals surface area contributed by atoms with E-state index in [1.807, 2.05) is 20.8 Å². The zero-order valence-electron chi connectivity index (χ0n) is 12.1. The Balaban J connectivity index is 3.31. The number of rotatable bonds is 6. The Bertz CT molecular complexity index is 447. The molecule has 0 radical (unpaired) electrons. The maximum atomic E-state index is 14.3. The van der Waals surface area contributed by atoms with E-state index in [2.05, 4.69) is 0 Å². The van der Waals surface area contributed by atoms with Crippen LogP contribution in [0.25, 0.3) is 0 Å². The highest BCUT2D eigenvalue weighted by atomic mass is 19.1. The van der Waals surface area contributed by atoms with Crippen molar-refractivity contribution in [2.45, 2.75) is 40.5 Å². The smallest absolute Gasteiger partial charge is 0.157 e. The molecular formula is C15H22FNO2. The fourth-order valence-electron chi connectivity index (χ4n) is 2.10. The lowest BCUT2D eigenvalue weighted by molar-refractivity contribution is 0.169. The third-order valence-electron chi connectivity index (χ3n) is 2.86. The van der Waals surface area contributed by atoms with Crippen molar-refractivity contribution in [3.05, 3.63) is 34.6 Å². The number of nitrogens with one attached hydrogen (secondary N) is 1. The number of halogens is 1. The summed E-state index contributed by atoms with van der Waals surface area (Å²) in [6.45, 7) is 8.25. The second-order valence-corrected chi connectivity index (χ2v) is 4.26. The number of allylic oxidation sites excluding steroid dienone is 4. The summed E-state index contributed by atoms with van der Waals surface area (Å²) in [6.07, 6.45) is 2.50. The molecule has 1 aliphatic rings. The van der Waals surface area contributed by atoms with Gasteiger partial charge in [0.25, 0.3) is 0 Å². The molecule has 0 fully saturated rings. The molecule has 1 N–H and O–H groups in total. The number of hydrogen-bond donors (Lipinski definition) is 1. The van der Waals surface area contributed by atoms with Gasteiger partial charge in [0, 0.05) is 11.3 Å². The molecule has 0 spiro atoms. The van der Waals surface area contributed by atoms with Crippen LogP contribution in [-0.4, -0.2) is 18.9 Å². The molecule has 0 saturated carbocycles. The highest BCUT2D eigenvalue weighted by molar-refractivity contribution is 6.00. The van der Waals surface area contributed by atoms with Crippen LogP contribution in [0.4, 0.5) is 4.39 Å². The first-order valence-corrected chi connectivity index (χ1v) is 6.68. The minimum atomic E-state index is -0.321. The molecule has 3 nitrogen and oxygen atoms in total. The van der Waals surface area contributed by atoms with Crippen molar-refractivity contribution in [1.82, 2.24) is 0 Å². The lowest BCUT2D eigenvalue weighted by Gasteiger charge is -2.11. The SMILES string of the molecule is CCOC1=C(OCC)CC(F)=C(C(C)=N)C(CC)=C1. The van der Waals surface area contributed by atoms with E-state index in [-0.39, 0.29) is 18.0 Å². The van der Waals surface area contributed by atoms with Gasteiger partial charge in [-0.2, -0.15) is 0 Å². The normalized spacial score (nSPS) is 16.2. The summed E-state index contributed by atoms with van der Waals surface area (Å²) in [6, 6.07) is 0. The van der Waals surface area contributed by atoms with Crippen molar-refractivity contribution in [3.63, 3.8) is 0 Å². The van der Waals surface area contributed by atoms with Crippen LogP contribution in [0.3, 0.4) is 0 Å². The van der Waals surface area contributed by atoms with Gasteiger partial charge in [-0.3, -0.25) is 0 Å².